The first-order valence-corrected chi connectivity index (χ1v) is 13.6. The number of benzene rings is 1. The molecule has 7 rings (SSSR count). The van der Waals surface area contributed by atoms with Gasteiger partial charge in [-0.25, -0.2) is 9.59 Å². The van der Waals surface area contributed by atoms with Crippen molar-refractivity contribution in [1.82, 2.24) is 20.0 Å². The number of aromatic carboxylic acids is 1. The molecule has 2 N–H and O–H groups in total. The van der Waals surface area contributed by atoms with E-state index in [0.29, 0.717) is 54.4 Å². The number of methoxy groups -OCH3 is 2. The normalized spacial score (nSPS) is 25.9. The van der Waals surface area contributed by atoms with Crippen LogP contribution in [0.5, 0.6) is 0 Å². The molecule has 214 valence electrons. The summed E-state index contributed by atoms with van der Waals surface area (Å²) >= 11 is 0. The van der Waals surface area contributed by atoms with Gasteiger partial charge >= 0.3 is 11.9 Å². The first-order valence-electron chi connectivity index (χ1n) is 13.6. The highest BCUT2D eigenvalue weighted by Crippen LogP contribution is 2.62. The predicted octanol–water partition coefficient (Wildman–Crippen LogP) is 3.92. The Morgan fingerprint density at radius 1 is 1.00 bits per heavy atom. The maximum Gasteiger partial charge on any atom is 0.359 e. The summed E-state index contributed by atoms with van der Waals surface area (Å²) in [5, 5.41) is 20.2. The van der Waals surface area contributed by atoms with Crippen LogP contribution in [0.2, 0.25) is 0 Å². The number of carboxylic acid groups (broad SMARTS) is 1. The standard InChI is InChI=1S/C19H22N2O3.C10H12N2O3.CH4/c1-3-24-19(22)17-14-9-13-15(11-23-2)16(13)18(14)21(20-17)10-12-7-5-4-6-8-12;1-15-3-6-4-2-5-8(7(4)6)11-12-9(5)10(13)14;/h4-8,13,15-16H,3,9-11H2,1-2H3;4,6-7H,2-3H2,1H3,(H,11,12)(H,13,14);1H4/t13-,15-,16-;4-,6-,7-;/m00./s1. The predicted molar refractivity (Wildman–Crippen MR) is 147 cm³/mol. The minimum absolute atomic E-state index is 0. The number of aromatic nitrogens is 4. The molecule has 0 unspecified atom stereocenters. The minimum Gasteiger partial charge on any atom is -0.476 e. The van der Waals surface area contributed by atoms with Crippen LogP contribution in [0.25, 0.3) is 0 Å². The summed E-state index contributed by atoms with van der Waals surface area (Å²) in [6, 6.07) is 10.2. The summed E-state index contributed by atoms with van der Waals surface area (Å²) in [6.45, 7) is 4.42. The fourth-order valence-corrected chi connectivity index (χ4v) is 6.96. The van der Waals surface area contributed by atoms with Crippen LogP contribution in [0.4, 0.5) is 0 Å². The number of esters is 1. The van der Waals surface area contributed by atoms with E-state index in [1.807, 2.05) is 29.8 Å². The summed E-state index contributed by atoms with van der Waals surface area (Å²) < 4.78 is 17.7. The molecule has 2 aromatic heterocycles. The zero-order valence-electron chi connectivity index (χ0n) is 22.4. The second kappa shape index (κ2) is 11.2. The van der Waals surface area contributed by atoms with Crippen LogP contribution in [0.3, 0.4) is 0 Å². The minimum atomic E-state index is -0.933. The Morgan fingerprint density at radius 2 is 1.65 bits per heavy atom. The molecule has 2 saturated carbocycles. The number of hydrogen-bond donors (Lipinski definition) is 2. The van der Waals surface area contributed by atoms with Crippen molar-refractivity contribution in [2.24, 2.45) is 23.7 Å². The van der Waals surface area contributed by atoms with Gasteiger partial charge < -0.3 is 19.3 Å². The van der Waals surface area contributed by atoms with E-state index in [9.17, 15) is 9.59 Å². The van der Waals surface area contributed by atoms with Gasteiger partial charge in [-0.15, -0.1) is 0 Å². The van der Waals surface area contributed by atoms with Gasteiger partial charge in [-0.1, -0.05) is 37.8 Å². The molecule has 0 spiro atoms. The van der Waals surface area contributed by atoms with Crippen molar-refractivity contribution in [3.63, 3.8) is 0 Å². The molecule has 3 aromatic rings. The van der Waals surface area contributed by atoms with Crippen LogP contribution in [0, 0.1) is 23.7 Å². The topological polar surface area (TPSA) is 129 Å². The highest BCUT2D eigenvalue weighted by molar-refractivity contribution is 5.90. The van der Waals surface area contributed by atoms with Crippen molar-refractivity contribution < 1.29 is 28.9 Å². The molecule has 2 heterocycles. The van der Waals surface area contributed by atoms with Crippen LogP contribution >= 0.6 is 0 Å². The van der Waals surface area contributed by atoms with Crippen molar-refractivity contribution >= 4 is 11.9 Å². The molecule has 0 radical (unpaired) electrons. The molecule has 0 bridgehead atoms. The summed E-state index contributed by atoms with van der Waals surface area (Å²) in [5.74, 6) is 1.98. The van der Waals surface area contributed by atoms with Gasteiger partial charge in [0, 0.05) is 61.8 Å². The summed E-state index contributed by atoms with van der Waals surface area (Å²) in [4.78, 5) is 23.1. The van der Waals surface area contributed by atoms with Gasteiger partial charge in [0.25, 0.3) is 0 Å². The Bertz CT molecular complexity index is 1380. The summed E-state index contributed by atoms with van der Waals surface area (Å²) in [7, 11) is 3.45. The van der Waals surface area contributed by atoms with Gasteiger partial charge in [-0.2, -0.15) is 10.2 Å². The number of nitrogens with one attached hydrogen (secondary N) is 1. The van der Waals surface area contributed by atoms with Gasteiger partial charge in [-0.05, 0) is 49.0 Å². The molecule has 4 aliphatic carbocycles. The number of aromatic amines is 1. The number of ether oxygens (including phenoxy) is 3. The van der Waals surface area contributed by atoms with E-state index >= 15 is 0 Å². The van der Waals surface area contributed by atoms with E-state index in [1.54, 1.807) is 14.2 Å². The molecule has 4 aliphatic rings. The Morgan fingerprint density at radius 3 is 2.30 bits per heavy atom. The average molecular weight is 551 g/mol. The fourth-order valence-electron chi connectivity index (χ4n) is 6.96. The Kier molecular flexibility index (Phi) is 7.83. The van der Waals surface area contributed by atoms with E-state index in [-0.39, 0.29) is 19.1 Å². The SMILES string of the molecule is C.CCOC(=O)c1nn(Cc2ccccc2)c2c1C[C@H]1[C@H](COC)[C@@H]21.COC[C@H]1[C@@H]2Cc3c(C(=O)O)n[nH]c3[C@H]12. The number of carboxylic acids is 1. The first-order chi connectivity index (χ1) is 19.0. The van der Waals surface area contributed by atoms with Crippen LogP contribution in [0.15, 0.2) is 30.3 Å². The van der Waals surface area contributed by atoms with Crippen LogP contribution in [0.1, 0.15) is 75.2 Å². The van der Waals surface area contributed by atoms with Crippen molar-refractivity contribution in [3.05, 3.63) is 69.8 Å². The van der Waals surface area contributed by atoms with E-state index in [4.69, 9.17) is 19.3 Å². The zero-order chi connectivity index (χ0) is 27.3. The molecule has 6 atom stereocenters. The molecule has 1 aromatic carbocycles. The van der Waals surface area contributed by atoms with Crippen LogP contribution in [-0.2, 0) is 33.6 Å². The molecular formula is C30H38N4O6. The molecule has 0 aliphatic heterocycles. The Labute approximate surface area is 234 Å². The largest absolute Gasteiger partial charge is 0.476 e. The number of fused-ring (bicyclic) bond motifs is 6. The summed E-state index contributed by atoms with van der Waals surface area (Å²) in [6.07, 6.45) is 1.75. The molecule has 0 amide bonds. The average Bonchev–Trinajstić information content (AvgIpc) is 3.42. The second-order valence-electron chi connectivity index (χ2n) is 10.9. The van der Waals surface area contributed by atoms with Gasteiger partial charge in [-0.3, -0.25) is 9.78 Å². The third-order valence-corrected chi connectivity index (χ3v) is 8.75. The van der Waals surface area contributed by atoms with Crippen LogP contribution < -0.4 is 0 Å². The second-order valence-corrected chi connectivity index (χ2v) is 10.9. The zero-order valence-corrected chi connectivity index (χ0v) is 22.4. The van der Waals surface area contributed by atoms with Crippen LogP contribution in [-0.4, -0.2) is 71.1 Å². The number of carbonyl (C=O) groups excluding carboxylic acids is 1. The first kappa shape index (κ1) is 28.0. The number of rotatable bonds is 9. The van der Waals surface area contributed by atoms with E-state index in [0.717, 1.165) is 42.9 Å². The van der Waals surface area contributed by atoms with Crippen molar-refractivity contribution in [2.75, 3.05) is 34.0 Å². The molecule has 10 heteroatoms. The lowest BCUT2D eigenvalue weighted by Gasteiger charge is -2.08. The van der Waals surface area contributed by atoms with E-state index in [2.05, 4.69) is 27.4 Å². The summed E-state index contributed by atoms with van der Waals surface area (Å²) in [5.41, 5.74) is 6.13. The maximum absolute atomic E-state index is 12.3. The third-order valence-electron chi connectivity index (χ3n) is 8.75. The Balaban J connectivity index is 0.000000174. The Hall–Kier alpha value is -3.50. The van der Waals surface area contributed by atoms with Gasteiger partial charge in [0.1, 0.15) is 0 Å². The van der Waals surface area contributed by atoms with Crippen molar-refractivity contribution in [1.29, 1.82) is 0 Å². The number of H-pyrrole nitrogens is 1. The highest BCUT2D eigenvalue weighted by Gasteiger charge is 2.59. The van der Waals surface area contributed by atoms with E-state index < -0.39 is 5.97 Å². The van der Waals surface area contributed by atoms with Gasteiger partial charge in [0.05, 0.1) is 13.2 Å². The monoisotopic (exact) mass is 550 g/mol. The number of hydrogen-bond acceptors (Lipinski definition) is 7. The van der Waals surface area contributed by atoms with Gasteiger partial charge in [0.15, 0.2) is 11.4 Å². The number of nitrogens with zero attached hydrogens (tertiary/aromatic N) is 3. The van der Waals surface area contributed by atoms with Crippen molar-refractivity contribution in [3.8, 4) is 0 Å². The highest BCUT2D eigenvalue weighted by atomic mass is 16.5. The number of carbonyl (C=O) groups is 2. The smallest absolute Gasteiger partial charge is 0.359 e. The molecule has 40 heavy (non-hydrogen) atoms. The molecular weight excluding hydrogens is 512 g/mol. The molecule has 10 nitrogen and oxygen atoms in total. The quantitative estimate of drug-likeness (QED) is 0.384. The lowest BCUT2D eigenvalue weighted by atomic mass is 10.1. The lowest BCUT2D eigenvalue weighted by Crippen LogP contribution is -2.10. The third kappa shape index (κ3) is 4.73. The molecule has 0 saturated heterocycles. The van der Waals surface area contributed by atoms with Crippen molar-refractivity contribution in [2.45, 2.75) is 45.6 Å². The molecule has 2 fully saturated rings. The fraction of sp³-hybridized carbons (Fsp3) is 0.533. The lowest BCUT2D eigenvalue weighted by molar-refractivity contribution is 0.0516. The maximum atomic E-state index is 12.3. The van der Waals surface area contributed by atoms with Gasteiger partial charge in [0.2, 0.25) is 0 Å². The van der Waals surface area contributed by atoms with E-state index in [1.165, 1.54) is 11.3 Å².